The smallest absolute Gasteiger partial charge is 0.241 e. The average Bonchev–Trinajstić information content (AvgIpc) is 2.37. The van der Waals surface area contributed by atoms with Gasteiger partial charge >= 0.3 is 0 Å². The summed E-state index contributed by atoms with van der Waals surface area (Å²) >= 11 is 0. The number of nitrogens with two attached hydrogens (primary N) is 2. The lowest BCUT2D eigenvalue weighted by Gasteiger charge is -2.30. The first-order chi connectivity index (χ1) is 9.31. The summed E-state index contributed by atoms with van der Waals surface area (Å²) in [5, 5.41) is 2.79. The maximum absolute atomic E-state index is 12.2. The summed E-state index contributed by atoms with van der Waals surface area (Å²) in [7, 11) is 0. The van der Waals surface area contributed by atoms with Gasteiger partial charge in [0.15, 0.2) is 0 Å². The molecule has 0 aliphatic rings. The third-order valence-electron chi connectivity index (χ3n) is 3.06. The second-order valence-electron chi connectivity index (χ2n) is 5.02. The van der Waals surface area contributed by atoms with E-state index in [0.717, 1.165) is 0 Å². The Hall–Kier alpha value is -2.08. The summed E-state index contributed by atoms with van der Waals surface area (Å²) in [6, 6.07) is 6.46. The van der Waals surface area contributed by atoms with Crippen LogP contribution < -0.4 is 16.8 Å². The molecule has 0 saturated carbocycles. The number of rotatable bonds is 6. The van der Waals surface area contributed by atoms with Crippen molar-refractivity contribution in [2.45, 2.75) is 32.9 Å². The number of hydrogen-bond donors (Lipinski definition) is 3. The third-order valence-corrected chi connectivity index (χ3v) is 3.06. The van der Waals surface area contributed by atoms with Crippen LogP contribution in [0.4, 0.5) is 11.4 Å². The molecule has 0 heterocycles. The average molecular weight is 278 g/mol. The van der Waals surface area contributed by atoms with Crippen molar-refractivity contribution in [2.75, 3.05) is 17.6 Å². The first kappa shape index (κ1) is 16.0. The minimum absolute atomic E-state index is 0.0367. The Morgan fingerprint density at radius 3 is 2.20 bits per heavy atom. The number of carbonyl (C=O) groups is 2. The molecular weight excluding hydrogens is 256 g/mol. The molecule has 2 amide bonds. The molecule has 6 nitrogen and oxygen atoms in total. The predicted octanol–water partition coefficient (Wildman–Crippen LogP) is 0.792. The second-order valence-corrected chi connectivity index (χ2v) is 5.02. The van der Waals surface area contributed by atoms with E-state index in [1.807, 2.05) is 13.8 Å². The van der Waals surface area contributed by atoms with E-state index in [9.17, 15) is 9.59 Å². The molecule has 6 heteroatoms. The van der Waals surface area contributed by atoms with Crippen LogP contribution in [-0.2, 0) is 9.59 Å². The number of primary amides is 1. The van der Waals surface area contributed by atoms with Crippen LogP contribution in [0.2, 0.25) is 0 Å². The number of anilines is 2. The molecular formula is C14H22N4O2. The van der Waals surface area contributed by atoms with Crippen molar-refractivity contribution in [2.24, 2.45) is 5.73 Å². The molecule has 1 unspecified atom stereocenters. The molecule has 0 bridgehead atoms. The van der Waals surface area contributed by atoms with Crippen molar-refractivity contribution < 1.29 is 9.59 Å². The van der Waals surface area contributed by atoms with Gasteiger partial charge in [0, 0.05) is 17.4 Å². The van der Waals surface area contributed by atoms with Gasteiger partial charge in [0.05, 0.1) is 12.6 Å². The van der Waals surface area contributed by atoms with Gasteiger partial charge in [-0.15, -0.1) is 0 Å². The number of nitrogen functional groups attached to an aromatic ring is 1. The zero-order valence-corrected chi connectivity index (χ0v) is 12.1. The summed E-state index contributed by atoms with van der Waals surface area (Å²) in [5.74, 6) is -0.643. The highest BCUT2D eigenvalue weighted by molar-refractivity contribution is 5.95. The SMILES string of the molecule is CC(C)N(CC(N)=O)C(C)C(=O)Nc1ccc(N)cc1. The van der Waals surface area contributed by atoms with Crippen molar-refractivity contribution in [3.05, 3.63) is 24.3 Å². The maximum atomic E-state index is 12.2. The normalized spacial score (nSPS) is 12.4. The number of nitrogens with one attached hydrogen (secondary N) is 1. The molecule has 0 aromatic heterocycles. The molecule has 0 radical (unpaired) electrons. The van der Waals surface area contributed by atoms with Crippen molar-refractivity contribution in [3.63, 3.8) is 0 Å². The minimum atomic E-state index is -0.458. The molecule has 20 heavy (non-hydrogen) atoms. The van der Waals surface area contributed by atoms with Gasteiger partial charge in [-0.1, -0.05) is 0 Å². The van der Waals surface area contributed by atoms with Crippen LogP contribution in [0, 0.1) is 0 Å². The Morgan fingerprint density at radius 1 is 1.20 bits per heavy atom. The minimum Gasteiger partial charge on any atom is -0.399 e. The first-order valence-electron chi connectivity index (χ1n) is 6.51. The lowest BCUT2D eigenvalue weighted by molar-refractivity contribution is -0.124. The van der Waals surface area contributed by atoms with Crippen LogP contribution >= 0.6 is 0 Å². The summed E-state index contributed by atoms with van der Waals surface area (Å²) in [5.41, 5.74) is 12.1. The third kappa shape index (κ3) is 4.55. The number of hydrogen-bond acceptors (Lipinski definition) is 4. The van der Waals surface area contributed by atoms with Gasteiger partial charge in [0.25, 0.3) is 0 Å². The Kier molecular flexibility index (Phi) is 5.52. The standard InChI is InChI=1S/C14H22N4O2/c1-9(2)18(8-13(16)19)10(3)14(20)17-12-6-4-11(15)5-7-12/h4-7,9-10H,8,15H2,1-3H3,(H2,16,19)(H,17,20). The van der Waals surface area contributed by atoms with Crippen molar-refractivity contribution in [1.82, 2.24) is 4.90 Å². The summed E-state index contributed by atoms with van der Waals surface area (Å²) in [6.07, 6.45) is 0. The Labute approximate surface area is 119 Å². The molecule has 0 aliphatic carbocycles. The van der Waals surface area contributed by atoms with Crippen LogP contribution in [0.1, 0.15) is 20.8 Å². The Balaban J connectivity index is 2.73. The van der Waals surface area contributed by atoms with Gasteiger partial charge in [0.2, 0.25) is 11.8 Å². The summed E-state index contributed by atoms with van der Waals surface area (Å²) in [4.78, 5) is 25.0. The molecule has 0 aliphatic heterocycles. The van der Waals surface area contributed by atoms with Crippen molar-refractivity contribution in [1.29, 1.82) is 0 Å². The van der Waals surface area contributed by atoms with E-state index in [4.69, 9.17) is 11.5 Å². The molecule has 5 N–H and O–H groups in total. The first-order valence-corrected chi connectivity index (χ1v) is 6.51. The Bertz CT molecular complexity index is 471. The van der Waals surface area contributed by atoms with Gasteiger partial charge in [-0.05, 0) is 45.0 Å². The van der Waals surface area contributed by atoms with Crippen LogP contribution in [0.3, 0.4) is 0 Å². The number of nitrogens with zero attached hydrogens (tertiary/aromatic N) is 1. The number of amides is 2. The largest absolute Gasteiger partial charge is 0.399 e. The summed E-state index contributed by atoms with van der Waals surface area (Å²) in [6.45, 7) is 5.62. The van der Waals surface area contributed by atoms with Crippen LogP contribution in [0.5, 0.6) is 0 Å². The van der Waals surface area contributed by atoms with Gasteiger partial charge in [0.1, 0.15) is 0 Å². The van der Waals surface area contributed by atoms with E-state index in [-0.39, 0.29) is 18.5 Å². The molecule has 1 atom stereocenters. The molecule has 0 fully saturated rings. The predicted molar refractivity (Wildman–Crippen MR) is 80.0 cm³/mol. The maximum Gasteiger partial charge on any atom is 0.241 e. The fourth-order valence-corrected chi connectivity index (χ4v) is 1.91. The highest BCUT2D eigenvalue weighted by atomic mass is 16.2. The van der Waals surface area contributed by atoms with Gasteiger partial charge < -0.3 is 16.8 Å². The van der Waals surface area contributed by atoms with E-state index in [1.165, 1.54) is 0 Å². The fourth-order valence-electron chi connectivity index (χ4n) is 1.91. The number of carbonyl (C=O) groups excluding carboxylic acids is 2. The molecule has 1 rings (SSSR count). The number of benzene rings is 1. The monoisotopic (exact) mass is 278 g/mol. The zero-order chi connectivity index (χ0) is 15.3. The molecule has 1 aromatic rings. The Morgan fingerprint density at radius 2 is 1.75 bits per heavy atom. The molecule has 110 valence electrons. The topological polar surface area (TPSA) is 101 Å². The van der Waals surface area contributed by atoms with Crippen molar-refractivity contribution in [3.8, 4) is 0 Å². The van der Waals surface area contributed by atoms with Crippen LogP contribution in [0.15, 0.2) is 24.3 Å². The van der Waals surface area contributed by atoms with E-state index >= 15 is 0 Å². The van der Waals surface area contributed by atoms with Crippen LogP contribution in [-0.4, -0.2) is 35.3 Å². The quantitative estimate of drug-likeness (QED) is 0.670. The molecule has 0 saturated heterocycles. The van der Waals surface area contributed by atoms with Gasteiger partial charge in [-0.25, -0.2) is 0 Å². The van der Waals surface area contributed by atoms with E-state index in [2.05, 4.69) is 5.32 Å². The second kappa shape index (κ2) is 6.91. The fraction of sp³-hybridized carbons (Fsp3) is 0.429. The lowest BCUT2D eigenvalue weighted by Crippen LogP contribution is -2.49. The summed E-state index contributed by atoms with van der Waals surface area (Å²) < 4.78 is 0. The van der Waals surface area contributed by atoms with Crippen molar-refractivity contribution >= 4 is 23.2 Å². The van der Waals surface area contributed by atoms with Gasteiger partial charge in [-0.2, -0.15) is 0 Å². The van der Waals surface area contributed by atoms with E-state index in [0.29, 0.717) is 11.4 Å². The van der Waals surface area contributed by atoms with Crippen LogP contribution in [0.25, 0.3) is 0 Å². The van der Waals surface area contributed by atoms with E-state index < -0.39 is 11.9 Å². The molecule has 0 spiro atoms. The van der Waals surface area contributed by atoms with Gasteiger partial charge in [-0.3, -0.25) is 14.5 Å². The highest BCUT2D eigenvalue weighted by Gasteiger charge is 2.24. The molecule has 1 aromatic carbocycles. The highest BCUT2D eigenvalue weighted by Crippen LogP contribution is 2.13. The lowest BCUT2D eigenvalue weighted by atomic mass is 10.2. The van der Waals surface area contributed by atoms with E-state index in [1.54, 1.807) is 36.1 Å². The zero-order valence-electron chi connectivity index (χ0n) is 12.1.